The first-order valence-electron chi connectivity index (χ1n) is 4.70. The highest BCUT2D eigenvalue weighted by molar-refractivity contribution is 4.95. The number of nitrogens with one attached hydrogen (secondary N) is 1. The van der Waals surface area contributed by atoms with Crippen LogP contribution < -0.4 is 5.32 Å². The zero-order valence-electron chi connectivity index (χ0n) is 7.51. The smallest absolute Gasteiger partial charge is 0.0110 e. The van der Waals surface area contributed by atoms with Crippen molar-refractivity contribution >= 4 is 0 Å². The van der Waals surface area contributed by atoms with Gasteiger partial charge in [-0.05, 0) is 39.8 Å². The highest BCUT2D eigenvalue weighted by atomic mass is 15.2. The first kappa shape index (κ1) is 7.56. The largest absolute Gasteiger partial charge is 0.317 e. The molecule has 3 atom stereocenters. The van der Waals surface area contributed by atoms with Crippen molar-refractivity contribution in [1.29, 1.82) is 0 Å². The van der Waals surface area contributed by atoms with Crippen LogP contribution in [0.25, 0.3) is 0 Å². The van der Waals surface area contributed by atoms with E-state index < -0.39 is 0 Å². The molecule has 64 valence electrons. The van der Waals surface area contributed by atoms with Gasteiger partial charge in [0.2, 0.25) is 0 Å². The van der Waals surface area contributed by atoms with Crippen LogP contribution in [-0.4, -0.2) is 37.1 Å². The molecule has 0 radical (unpaired) electrons. The van der Waals surface area contributed by atoms with Crippen LogP contribution in [0.3, 0.4) is 0 Å². The molecule has 2 saturated heterocycles. The van der Waals surface area contributed by atoms with E-state index in [0.717, 1.165) is 18.1 Å². The van der Waals surface area contributed by atoms with Gasteiger partial charge < -0.3 is 10.2 Å². The van der Waals surface area contributed by atoms with E-state index in [1.165, 1.54) is 25.7 Å². The van der Waals surface area contributed by atoms with Crippen molar-refractivity contribution in [2.45, 2.75) is 43.8 Å². The van der Waals surface area contributed by atoms with Gasteiger partial charge >= 0.3 is 0 Å². The molecule has 0 aliphatic carbocycles. The molecule has 2 aliphatic heterocycles. The number of nitrogens with zero attached hydrogens (tertiary/aromatic N) is 1. The van der Waals surface area contributed by atoms with Crippen LogP contribution in [0.1, 0.15) is 25.7 Å². The monoisotopic (exact) mass is 154 g/mol. The van der Waals surface area contributed by atoms with Crippen LogP contribution >= 0.6 is 0 Å². The molecule has 0 aromatic rings. The molecule has 2 heteroatoms. The predicted octanol–water partition coefficient (Wildman–Crippen LogP) is 0.831. The standard InChI is InChI=1S/C9H18N2/c1-10-7-5-8-3-4-9(6-7)11(8)2/h7-10H,3-6H2,1-2H3/t7?,8-,9+. The minimum absolute atomic E-state index is 0.795. The van der Waals surface area contributed by atoms with Crippen LogP contribution in [0.2, 0.25) is 0 Å². The zero-order valence-corrected chi connectivity index (χ0v) is 7.51. The van der Waals surface area contributed by atoms with E-state index >= 15 is 0 Å². The Bertz CT molecular complexity index is 132. The van der Waals surface area contributed by atoms with Gasteiger partial charge in [-0.25, -0.2) is 0 Å². The molecule has 2 heterocycles. The normalized spacial score (nSPS) is 44.7. The lowest BCUT2D eigenvalue weighted by atomic mass is 9.98. The highest BCUT2D eigenvalue weighted by Gasteiger charge is 2.37. The van der Waals surface area contributed by atoms with E-state index in [-0.39, 0.29) is 0 Å². The van der Waals surface area contributed by atoms with Crippen LogP contribution in [0.15, 0.2) is 0 Å². The molecule has 2 bridgehead atoms. The third-order valence-corrected chi connectivity index (χ3v) is 3.51. The third-order valence-electron chi connectivity index (χ3n) is 3.51. The van der Waals surface area contributed by atoms with Crippen molar-refractivity contribution in [2.75, 3.05) is 14.1 Å². The van der Waals surface area contributed by atoms with Gasteiger partial charge in [-0.1, -0.05) is 0 Å². The summed E-state index contributed by atoms with van der Waals surface area (Å²) in [5, 5.41) is 3.40. The number of piperidine rings is 1. The molecule has 2 aliphatic rings. The molecule has 0 saturated carbocycles. The number of rotatable bonds is 1. The number of hydrogen-bond acceptors (Lipinski definition) is 2. The number of hydrogen-bond donors (Lipinski definition) is 1. The van der Waals surface area contributed by atoms with Gasteiger partial charge in [-0.15, -0.1) is 0 Å². The van der Waals surface area contributed by atoms with Crippen molar-refractivity contribution in [1.82, 2.24) is 10.2 Å². The Balaban J connectivity index is 2.02. The fourth-order valence-electron chi connectivity index (χ4n) is 2.65. The average Bonchev–Trinajstić information content (AvgIpc) is 2.26. The topological polar surface area (TPSA) is 15.3 Å². The van der Waals surface area contributed by atoms with Gasteiger partial charge in [0.05, 0.1) is 0 Å². The Morgan fingerprint density at radius 3 is 2.18 bits per heavy atom. The molecule has 1 unspecified atom stereocenters. The molecule has 11 heavy (non-hydrogen) atoms. The summed E-state index contributed by atoms with van der Waals surface area (Å²) >= 11 is 0. The molecule has 0 spiro atoms. The zero-order chi connectivity index (χ0) is 7.84. The lowest BCUT2D eigenvalue weighted by Gasteiger charge is -2.36. The Morgan fingerprint density at radius 1 is 1.18 bits per heavy atom. The van der Waals surface area contributed by atoms with Crippen LogP contribution in [0.5, 0.6) is 0 Å². The fourth-order valence-corrected chi connectivity index (χ4v) is 2.65. The second-order valence-corrected chi connectivity index (χ2v) is 4.01. The Kier molecular flexibility index (Phi) is 1.90. The fraction of sp³-hybridized carbons (Fsp3) is 1.00. The maximum atomic E-state index is 3.40. The van der Waals surface area contributed by atoms with Crippen molar-refractivity contribution in [2.24, 2.45) is 0 Å². The second-order valence-electron chi connectivity index (χ2n) is 4.01. The van der Waals surface area contributed by atoms with Crippen LogP contribution in [0, 0.1) is 0 Å². The second kappa shape index (κ2) is 2.76. The van der Waals surface area contributed by atoms with E-state index in [1.54, 1.807) is 0 Å². The summed E-state index contributed by atoms with van der Waals surface area (Å²) in [4.78, 5) is 2.58. The van der Waals surface area contributed by atoms with E-state index in [0.29, 0.717) is 0 Å². The van der Waals surface area contributed by atoms with E-state index in [1.807, 2.05) is 0 Å². The summed E-state index contributed by atoms with van der Waals surface area (Å²) in [6.45, 7) is 0. The maximum Gasteiger partial charge on any atom is 0.0110 e. The molecule has 0 aromatic heterocycles. The molecule has 2 rings (SSSR count). The third kappa shape index (κ3) is 1.18. The summed E-state index contributed by atoms with van der Waals surface area (Å²) in [7, 11) is 4.38. The van der Waals surface area contributed by atoms with Crippen molar-refractivity contribution in [3.8, 4) is 0 Å². The molecular formula is C9H18N2. The van der Waals surface area contributed by atoms with Gasteiger partial charge in [0, 0.05) is 18.1 Å². The molecule has 2 nitrogen and oxygen atoms in total. The average molecular weight is 154 g/mol. The van der Waals surface area contributed by atoms with Gasteiger partial charge in [-0.3, -0.25) is 0 Å². The molecule has 1 N–H and O–H groups in total. The predicted molar refractivity (Wildman–Crippen MR) is 46.7 cm³/mol. The summed E-state index contributed by atoms with van der Waals surface area (Å²) in [5.74, 6) is 0. The highest BCUT2D eigenvalue weighted by Crippen LogP contribution is 2.33. The Labute approximate surface area is 69.0 Å². The van der Waals surface area contributed by atoms with Gasteiger partial charge in [0.15, 0.2) is 0 Å². The van der Waals surface area contributed by atoms with Crippen LogP contribution in [-0.2, 0) is 0 Å². The minimum Gasteiger partial charge on any atom is -0.317 e. The molecular weight excluding hydrogens is 136 g/mol. The van der Waals surface area contributed by atoms with Gasteiger partial charge in [-0.2, -0.15) is 0 Å². The summed E-state index contributed by atoms with van der Waals surface area (Å²) in [6, 6.07) is 2.56. The van der Waals surface area contributed by atoms with Gasteiger partial charge in [0.25, 0.3) is 0 Å². The molecule has 0 amide bonds. The summed E-state index contributed by atoms with van der Waals surface area (Å²) in [6.07, 6.45) is 5.59. The lowest BCUT2D eigenvalue weighted by molar-refractivity contribution is 0.152. The van der Waals surface area contributed by atoms with E-state index in [2.05, 4.69) is 24.3 Å². The minimum atomic E-state index is 0.795. The van der Waals surface area contributed by atoms with Crippen molar-refractivity contribution < 1.29 is 0 Å². The SMILES string of the molecule is CNC1C[C@H]2CC[C@@H](C1)N2C. The number of fused-ring (bicyclic) bond motifs is 2. The summed E-state index contributed by atoms with van der Waals surface area (Å²) < 4.78 is 0. The van der Waals surface area contributed by atoms with Crippen LogP contribution in [0.4, 0.5) is 0 Å². The van der Waals surface area contributed by atoms with Gasteiger partial charge in [0.1, 0.15) is 0 Å². The first-order chi connectivity index (χ1) is 5.31. The van der Waals surface area contributed by atoms with E-state index in [9.17, 15) is 0 Å². The molecule has 2 fully saturated rings. The maximum absolute atomic E-state index is 3.40. The van der Waals surface area contributed by atoms with Crippen molar-refractivity contribution in [3.63, 3.8) is 0 Å². The Hall–Kier alpha value is -0.0800. The first-order valence-corrected chi connectivity index (χ1v) is 4.70. The van der Waals surface area contributed by atoms with Crippen molar-refractivity contribution in [3.05, 3.63) is 0 Å². The molecule has 0 aromatic carbocycles. The lowest BCUT2D eigenvalue weighted by Crippen LogP contribution is -2.46. The summed E-state index contributed by atoms with van der Waals surface area (Å²) in [5.41, 5.74) is 0. The Morgan fingerprint density at radius 2 is 1.73 bits per heavy atom. The quantitative estimate of drug-likeness (QED) is 0.602. The van der Waals surface area contributed by atoms with E-state index in [4.69, 9.17) is 0 Å².